The third-order valence-corrected chi connectivity index (χ3v) is 3.20. The van der Waals surface area contributed by atoms with Crippen molar-refractivity contribution in [2.24, 2.45) is 10.2 Å². The summed E-state index contributed by atoms with van der Waals surface area (Å²) in [7, 11) is 0. The number of hydrogen-bond donors (Lipinski definition) is 2. The monoisotopic (exact) mass is 360 g/mol. The van der Waals surface area contributed by atoms with Crippen molar-refractivity contribution in [3.05, 3.63) is 83.9 Å². The van der Waals surface area contributed by atoms with Crippen LogP contribution >= 0.6 is 0 Å². The van der Waals surface area contributed by atoms with E-state index in [1.54, 1.807) is 12.2 Å². The Morgan fingerprint density at radius 3 is 1.52 bits per heavy atom. The molecule has 0 spiro atoms. The first kappa shape index (κ1) is 19.5. The fourth-order valence-corrected chi connectivity index (χ4v) is 1.97. The van der Waals surface area contributed by atoms with Crippen LogP contribution in [0.15, 0.2) is 83.0 Å². The Morgan fingerprint density at radius 2 is 1.11 bits per heavy atom. The van der Waals surface area contributed by atoms with Crippen molar-refractivity contribution in [1.29, 1.82) is 0 Å². The van der Waals surface area contributed by atoms with Crippen molar-refractivity contribution in [1.82, 2.24) is 10.9 Å². The molecule has 136 valence electrons. The van der Waals surface area contributed by atoms with Crippen LogP contribution < -0.4 is 10.9 Å². The van der Waals surface area contributed by atoms with E-state index in [1.807, 2.05) is 72.8 Å². The van der Waals surface area contributed by atoms with E-state index in [0.717, 1.165) is 11.1 Å². The maximum atomic E-state index is 11.6. The van der Waals surface area contributed by atoms with Crippen LogP contribution in [0.25, 0.3) is 12.2 Å². The number of rotatable bonds is 8. The molecule has 27 heavy (non-hydrogen) atoms. The predicted octanol–water partition coefficient (Wildman–Crippen LogP) is 3.01. The van der Waals surface area contributed by atoms with Crippen LogP contribution in [0.2, 0.25) is 0 Å². The lowest BCUT2D eigenvalue weighted by Gasteiger charge is -1.98. The number of nitrogens with zero attached hydrogens (tertiary/aromatic N) is 2. The maximum absolute atomic E-state index is 11.6. The van der Waals surface area contributed by atoms with Crippen molar-refractivity contribution in [2.75, 3.05) is 0 Å². The summed E-state index contributed by atoms with van der Waals surface area (Å²) in [6.07, 6.45) is 9.60. The Bertz CT molecular complexity index is 770. The van der Waals surface area contributed by atoms with Gasteiger partial charge in [0, 0.05) is 12.4 Å². The zero-order chi connectivity index (χ0) is 19.2. The molecule has 0 saturated heterocycles. The fourth-order valence-electron chi connectivity index (χ4n) is 1.97. The van der Waals surface area contributed by atoms with Gasteiger partial charge in [-0.05, 0) is 23.3 Å². The average molecular weight is 360 g/mol. The van der Waals surface area contributed by atoms with Gasteiger partial charge in [-0.25, -0.2) is 10.9 Å². The summed E-state index contributed by atoms with van der Waals surface area (Å²) < 4.78 is 0. The Labute approximate surface area is 158 Å². The minimum atomic E-state index is -0.521. The van der Waals surface area contributed by atoms with Crippen LogP contribution in [0.5, 0.6) is 0 Å². The second-order valence-electron chi connectivity index (χ2n) is 5.34. The topological polar surface area (TPSA) is 82.9 Å². The number of amides is 2. The number of carbonyl (C=O) groups excluding carboxylic acids is 2. The highest BCUT2D eigenvalue weighted by atomic mass is 16.2. The van der Waals surface area contributed by atoms with Crippen LogP contribution in [0.1, 0.15) is 17.5 Å². The molecule has 0 fully saturated rings. The molecule has 2 amide bonds. The van der Waals surface area contributed by atoms with Gasteiger partial charge in [-0.2, -0.15) is 10.2 Å². The van der Waals surface area contributed by atoms with Gasteiger partial charge >= 0.3 is 0 Å². The summed E-state index contributed by atoms with van der Waals surface area (Å²) >= 11 is 0. The highest BCUT2D eigenvalue weighted by molar-refractivity contribution is 5.97. The summed E-state index contributed by atoms with van der Waals surface area (Å²) in [6.45, 7) is 0. The van der Waals surface area contributed by atoms with Gasteiger partial charge in [0.1, 0.15) is 6.42 Å². The van der Waals surface area contributed by atoms with E-state index < -0.39 is 11.8 Å². The molecule has 2 aromatic rings. The van der Waals surface area contributed by atoms with E-state index in [2.05, 4.69) is 21.1 Å². The molecule has 0 aliphatic heterocycles. The lowest BCUT2D eigenvalue weighted by Crippen LogP contribution is -2.26. The molecular weight excluding hydrogens is 340 g/mol. The van der Waals surface area contributed by atoms with Crippen LogP contribution in [-0.4, -0.2) is 24.2 Å². The van der Waals surface area contributed by atoms with Gasteiger partial charge in [-0.3, -0.25) is 9.59 Å². The molecule has 0 bridgehead atoms. The van der Waals surface area contributed by atoms with Crippen LogP contribution in [0.4, 0.5) is 0 Å². The SMILES string of the molecule is O=C(CC(=O)NN=CC=Cc1ccccc1)NN=CC=Cc1ccccc1. The van der Waals surface area contributed by atoms with Crippen LogP contribution in [0, 0.1) is 0 Å². The lowest BCUT2D eigenvalue weighted by atomic mass is 10.2. The first-order chi connectivity index (χ1) is 13.2. The summed E-state index contributed by atoms with van der Waals surface area (Å²) in [4.78, 5) is 23.2. The molecule has 0 unspecified atom stereocenters. The van der Waals surface area contributed by atoms with E-state index in [4.69, 9.17) is 0 Å². The molecule has 0 aromatic heterocycles. The average Bonchev–Trinajstić information content (AvgIpc) is 2.69. The molecule has 0 aliphatic carbocycles. The molecule has 6 heteroatoms. The Morgan fingerprint density at radius 1 is 0.704 bits per heavy atom. The van der Waals surface area contributed by atoms with Crippen molar-refractivity contribution >= 4 is 36.4 Å². The molecule has 0 atom stereocenters. The summed E-state index contributed by atoms with van der Waals surface area (Å²) in [5, 5.41) is 7.48. The van der Waals surface area contributed by atoms with Gasteiger partial charge in [0.15, 0.2) is 0 Å². The van der Waals surface area contributed by atoms with Gasteiger partial charge in [0.25, 0.3) is 0 Å². The number of hydrogen-bond acceptors (Lipinski definition) is 4. The second kappa shape index (κ2) is 11.7. The number of allylic oxidation sites excluding steroid dienone is 2. The standard InChI is InChI=1S/C21H20N4O2/c26-20(24-22-15-7-13-18-9-3-1-4-10-18)17-21(27)25-23-16-8-14-19-11-5-2-6-12-19/h1-16H,17H2,(H,24,26)(H,25,27). The van der Waals surface area contributed by atoms with Gasteiger partial charge in [0.2, 0.25) is 11.8 Å². The Balaban J connectivity index is 1.64. The van der Waals surface area contributed by atoms with Crippen LogP contribution in [0.3, 0.4) is 0 Å². The molecular formula is C21H20N4O2. The predicted molar refractivity (Wildman–Crippen MR) is 109 cm³/mol. The maximum Gasteiger partial charge on any atom is 0.249 e. The smallest absolute Gasteiger partial charge is 0.249 e. The molecule has 0 saturated carbocycles. The second-order valence-corrected chi connectivity index (χ2v) is 5.34. The third kappa shape index (κ3) is 8.74. The van der Waals surface area contributed by atoms with E-state index in [9.17, 15) is 9.59 Å². The molecule has 2 N–H and O–H groups in total. The summed E-state index contributed by atoms with van der Waals surface area (Å²) in [5.41, 5.74) is 6.60. The minimum Gasteiger partial charge on any atom is -0.273 e. The number of carbonyl (C=O) groups is 2. The van der Waals surface area contributed by atoms with Crippen molar-refractivity contribution < 1.29 is 9.59 Å². The first-order valence-corrected chi connectivity index (χ1v) is 8.31. The Hall–Kier alpha value is -3.80. The van der Waals surface area contributed by atoms with E-state index in [1.165, 1.54) is 12.4 Å². The van der Waals surface area contributed by atoms with Crippen LogP contribution in [-0.2, 0) is 9.59 Å². The third-order valence-electron chi connectivity index (χ3n) is 3.20. The highest BCUT2D eigenvalue weighted by Gasteiger charge is 2.06. The highest BCUT2D eigenvalue weighted by Crippen LogP contribution is 2.00. The fraction of sp³-hybridized carbons (Fsp3) is 0.0476. The molecule has 0 heterocycles. The normalized spacial score (nSPS) is 11.6. The largest absolute Gasteiger partial charge is 0.273 e. The van der Waals surface area contributed by atoms with Crippen molar-refractivity contribution in [2.45, 2.75) is 6.42 Å². The lowest BCUT2D eigenvalue weighted by molar-refractivity contribution is -0.129. The van der Waals surface area contributed by atoms with Gasteiger partial charge in [-0.1, -0.05) is 72.8 Å². The van der Waals surface area contributed by atoms with E-state index in [-0.39, 0.29) is 6.42 Å². The molecule has 2 aromatic carbocycles. The number of benzene rings is 2. The van der Waals surface area contributed by atoms with Crippen molar-refractivity contribution in [3.63, 3.8) is 0 Å². The van der Waals surface area contributed by atoms with Gasteiger partial charge < -0.3 is 0 Å². The summed E-state index contributed by atoms with van der Waals surface area (Å²) in [5.74, 6) is -1.04. The number of nitrogens with one attached hydrogen (secondary N) is 2. The van der Waals surface area contributed by atoms with Gasteiger partial charge in [-0.15, -0.1) is 0 Å². The minimum absolute atomic E-state index is 0.362. The molecule has 2 rings (SSSR count). The van der Waals surface area contributed by atoms with Crippen molar-refractivity contribution in [3.8, 4) is 0 Å². The van der Waals surface area contributed by atoms with E-state index >= 15 is 0 Å². The zero-order valence-corrected chi connectivity index (χ0v) is 14.7. The first-order valence-electron chi connectivity index (χ1n) is 8.31. The van der Waals surface area contributed by atoms with E-state index in [0.29, 0.717) is 0 Å². The quantitative estimate of drug-likeness (QED) is 0.431. The molecule has 6 nitrogen and oxygen atoms in total. The molecule has 0 radical (unpaired) electrons. The zero-order valence-electron chi connectivity index (χ0n) is 14.7. The Kier molecular flexibility index (Phi) is 8.46. The molecule has 0 aliphatic rings. The van der Waals surface area contributed by atoms with Gasteiger partial charge in [0.05, 0.1) is 0 Å². The number of hydrazone groups is 2. The summed E-state index contributed by atoms with van der Waals surface area (Å²) in [6, 6.07) is 19.4.